The van der Waals surface area contributed by atoms with Crippen LogP contribution in [-0.4, -0.2) is 44.8 Å². The van der Waals surface area contributed by atoms with Crippen molar-refractivity contribution in [3.05, 3.63) is 59.7 Å². The number of likely N-dealkylation sites (tertiary alicyclic amines) is 1. The van der Waals surface area contributed by atoms with Gasteiger partial charge in [0.2, 0.25) is 5.95 Å². The van der Waals surface area contributed by atoms with Crippen LogP contribution in [0.2, 0.25) is 0 Å². The van der Waals surface area contributed by atoms with Crippen LogP contribution in [0.4, 0.5) is 30.5 Å². The minimum absolute atomic E-state index is 0. The minimum atomic E-state index is -0.714. The number of benzene rings is 2. The third-order valence-electron chi connectivity index (χ3n) is 6.55. The molecule has 0 amide bonds. The van der Waals surface area contributed by atoms with Crippen LogP contribution < -0.4 is 10.6 Å². The van der Waals surface area contributed by atoms with Gasteiger partial charge < -0.3 is 15.5 Å². The van der Waals surface area contributed by atoms with Crippen molar-refractivity contribution in [3.63, 3.8) is 0 Å². The van der Waals surface area contributed by atoms with E-state index in [2.05, 4.69) is 25.6 Å². The number of hydrogen-bond acceptors (Lipinski definition) is 5. The lowest BCUT2D eigenvalue weighted by molar-refractivity contribution is 0.101. The van der Waals surface area contributed by atoms with Crippen LogP contribution in [0.1, 0.15) is 40.5 Å². The molecule has 1 aromatic heterocycles. The Labute approximate surface area is 193 Å². The highest BCUT2D eigenvalue weighted by Gasteiger charge is 2.29. The maximum absolute atomic E-state index is 15.3. The SMILES string of the molecule is Cc1cc(Nc2ncn(-c3cc(F)cc(F)c3)n2)c(F)c(NC2CCN(C3CCC3)CC2)c1.[HH].[HH]. The van der Waals surface area contributed by atoms with Crippen LogP contribution in [0.15, 0.2) is 36.7 Å². The first-order valence-electron chi connectivity index (χ1n) is 11.4. The fourth-order valence-corrected chi connectivity index (χ4v) is 4.58. The van der Waals surface area contributed by atoms with Gasteiger partial charge in [-0.2, -0.15) is 4.98 Å². The predicted molar refractivity (Wildman–Crippen MR) is 126 cm³/mol. The van der Waals surface area contributed by atoms with Crippen LogP contribution in [-0.2, 0) is 0 Å². The maximum Gasteiger partial charge on any atom is 0.247 e. The zero-order chi connectivity index (χ0) is 22.9. The molecular weight excluding hydrogens is 429 g/mol. The van der Waals surface area contributed by atoms with E-state index in [4.69, 9.17) is 0 Å². The standard InChI is InChI=1S/C24H27F3N6.2H2/c1-15-9-21(29-18-5-7-32(8-6-18)19-3-2-4-19)23(27)22(10-15)30-24-28-14-33(31-24)20-12-16(25)11-17(26)13-20;;/h9-14,18-19,29H,2-8H2,1H3,(H,30,31);2*1H. The highest BCUT2D eigenvalue weighted by molar-refractivity contribution is 5.64. The number of hydrogen-bond donors (Lipinski definition) is 2. The summed E-state index contributed by atoms with van der Waals surface area (Å²) in [6, 6.07) is 7.54. The first-order chi connectivity index (χ1) is 15.9. The Bertz CT molecular complexity index is 1130. The minimum Gasteiger partial charge on any atom is -0.380 e. The third-order valence-corrected chi connectivity index (χ3v) is 6.55. The summed E-state index contributed by atoms with van der Waals surface area (Å²) >= 11 is 0. The average molecular weight is 461 g/mol. The van der Waals surface area contributed by atoms with Gasteiger partial charge in [-0.15, -0.1) is 5.10 Å². The van der Waals surface area contributed by atoms with Gasteiger partial charge in [-0.1, -0.05) is 6.42 Å². The number of halogens is 3. The molecule has 2 fully saturated rings. The van der Waals surface area contributed by atoms with Crippen LogP contribution in [0.25, 0.3) is 5.69 Å². The lowest BCUT2D eigenvalue weighted by Gasteiger charge is -2.42. The lowest BCUT2D eigenvalue weighted by Crippen LogP contribution is -2.47. The molecule has 33 heavy (non-hydrogen) atoms. The molecule has 1 aliphatic heterocycles. The number of aromatic nitrogens is 3. The van der Waals surface area contributed by atoms with Crippen LogP contribution in [0.5, 0.6) is 0 Å². The molecule has 1 saturated carbocycles. The molecule has 5 rings (SSSR count). The molecular formula is C24H31F3N6. The molecule has 9 heteroatoms. The molecule has 0 bridgehead atoms. The smallest absolute Gasteiger partial charge is 0.247 e. The molecule has 2 aromatic carbocycles. The molecule has 0 atom stereocenters. The number of nitrogens with zero attached hydrogens (tertiary/aromatic N) is 4. The largest absolute Gasteiger partial charge is 0.380 e. The summed E-state index contributed by atoms with van der Waals surface area (Å²) in [6.07, 6.45) is 7.24. The topological polar surface area (TPSA) is 58.0 Å². The molecule has 1 saturated heterocycles. The first kappa shape index (κ1) is 21.8. The van der Waals surface area contributed by atoms with E-state index in [-0.39, 0.29) is 26.2 Å². The predicted octanol–water partition coefficient (Wildman–Crippen LogP) is 5.66. The molecule has 1 aliphatic carbocycles. The van der Waals surface area contributed by atoms with Crippen molar-refractivity contribution in [2.75, 3.05) is 23.7 Å². The van der Waals surface area contributed by atoms with E-state index in [1.54, 1.807) is 12.1 Å². The summed E-state index contributed by atoms with van der Waals surface area (Å²) in [4.78, 5) is 6.67. The van der Waals surface area contributed by atoms with Gasteiger partial charge in [-0.25, -0.2) is 17.9 Å². The van der Waals surface area contributed by atoms with Gasteiger partial charge in [0, 0.05) is 34.1 Å². The average Bonchev–Trinajstić information content (AvgIpc) is 3.19. The molecule has 0 spiro atoms. The number of nitrogens with one attached hydrogen (secondary N) is 2. The Hall–Kier alpha value is -3.07. The van der Waals surface area contributed by atoms with Gasteiger partial charge in [0.05, 0.1) is 17.1 Å². The van der Waals surface area contributed by atoms with Crippen molar-refractivity contribution in [2.45, 2.75) is 51.1 Å². The Morgan fingerprint density at radius 1 is 0.939 bits per heavy atom. The molecule has 178 valence electrons. The van der Waals surface area contributed by atoms with Crippen molar-refractivity contribution in [2.24, 2.45) is 0 Å². The summed E-state index contributed by atoms with van der Waals surface area (Å²) in [7, 11) is 0. The summed E-state index contributed by atoms with van der Waals surface area (Å²) in [5.41, 5.74) is 1.77. The molecule has 3 aromatic rings. The Balaban J connectivity index is 0.00000171. The normalized spacial score (nSPS) is 17.7. The van der Waals surface area contributed by atoms with Gasteiger partial charge in [0.15, 0.2) is 5.82 Å². The van der Waals surface area contributed by atoms with Crippen LogP contribution in [0.3, 0.4) is 0 Å². The number of anilines is 3. The fraction of sp³-hybridized carbons (Fsp3) is 0.417. The Kier molecular flexibility index (Phi) is 5.97. The van der Waals surface area contributed by atoms with Crippen LogP contribution >= 0.6 is 0 Å². The quantitative estimate of drug-likeness (QED) is 0.497. The van der Waals surface area contributed by atoms with Gasteiger partial charge in [0.25, 0.3) is 0 Å². The maximum atomic E-state index is 15.3. The van der Waals surface area contributed by atoms with E-state index in [0.717, 1.165) is 55.7 Å². The van der Waals surface area contributed by atoms with Gasteiger partial charge >= 0.3 is 0 Å². The van der Waals surface area contributed by atoms with Gasteiger partial charge in [-0.3, -0.25) is 0 Å². The van der Waals surface area contributed by atoms with E-state index in [1.807, 2.05) is 6.92 Å². The zero-order valence-corrected chi connectivity index (χ0v) is 18.5. The van der Waals surface area contributed by atoms with Crippen molar-refractivity contribution in [3.8, 4) is 5.69 Å². The molecule has 0 radical (unpaired) electrons. The highest BCUT2D eigenvalue weighted by Crippen LogP contribution is 2.31. The van der Waals surface area contributed by atoms with Crippen molar-refractivity contribution in [1.29, 1.82) is 0 Å². The van der Waals surface area contributed by atoms with Crippen molar-refractivity contribution < 1.29 is 16.0 Å². The van der Waals surface area contributed by atoms with E-state index in [9.17, 15) is 8.78 Å². The monoisotopic (exact) mass is 460 g/mol. The third kappa shape index (κ3) is 4.83. The van der Waals surface area contributed by atoms with Gasteiger partial charge in [0.1, 0.15) is 18.0 Å². The summed E-state index contributed by atoms with van der Waals surface area (Å²) in [6.45, 7) is 3.99. The molecule has 6 nitrogen and oxygen atoms in total. The highest BCUT2D eigenvalue weighted by atomic mass is 19.1. The Morgan fingerprint density at radius 3 is 2.30 bits per heavy atom. The molecule has 0 unspecified atom stereocenters. The molecule has 2 heterocycles. The van der Waals surface area contributed by atoms with Gasteiger partial charge in [-0.05, 0) is 62.4 Å². The second-order valence-corrected chi connectivity index (χ2v) is 8.98. The van der Waals surface area contributed by atoms with Crippen molar-refractivity contribution in [1.82, 2.24) is 19.7 Å². The first-order valence-corrected chi connectivity index (χ1v) is 11.4. The molecule has 2 N–H and O–H groups in total. The van der Waals surface area contributed by atoms with E-state index < -0.39 is 17.5 Å². The summed E-state index contributed by atoms with van der Waals surface area (Å²) in [5.74, 6) is -1.71. The van der Waals surface area contributed by atoms with E-state index in [0.29, 0.717) is 5.69 Å². The summed E-state index contributed by atoms with van der Waals surface area (Å²) in [5, 5.41) is 10.5. The van der Waals surface area contributed by atoms with E-state index >= 15 is 4.39 Å². The number of piperidine rings is 1. The molecule has 2 aliphatic rings. The second kappa shape index (κ2) is 9.05. The zero-order valence-electron chi connectivity index (χ0n) is 18.5. The van der Waals surface area contributed by atoms with E-state index in [1.165, 1.54) is 30.3 Å². The van der Waals surface area contributed by atoms with Crippen LogP contribution in [0, 0.1) is 24.4 Å². The van der Waals surface area contributed by atoms with Crippen molar-refractivity contribution >= 4 is 17.3 Å². The Morgan fingerprint density at radius 2 is 1.64 bits per heavy atom. The second-order valence-electron chi connectivity index (χ2n) is 8.98. The number of aryl methyl sites for hydroxylation is 1. The lowest BCUT2D eigenvalue weighted by atomic mass is 9.89. The fourth-order valence-electron chi connectivity index (χ4n) is 4.58. The summed E-state index contributed by atoms with van der Waals surface area (Å²) < 4.78 is 43.5. The number of rotatable bonds is 6.